The summed E-state index contributed by atoms with van der Waals surface area (Å²) >= 11 is 0. The van der Waals surface area contributed by atoms with Gasteiger partial charge in [0.05, 0.1) is 11.6 Å². The van der Waals surface area contributed by atoms with E-state index in [0.29, 0.717) is 0 Å². The van der Waals surface area contributed by atoms with E-state index in [9.17, 15) is 0 Å². The van der Waals surface area contributed by atoms with Gasteiger partial charge >= 0.3 is 0 Å². The van der Waals surface area contributed by atoms with Gasteiger partial charge in [0, 0.05) is 18.4 Å². The van der Waals surface area contributed by atoms with Gasteiger partial charge in [-0.15, -0.1) is 0 Å². The predicted octanol–water partition coefficient (Wildman–Crippen LogP) is 3.10. The van der Waals surface area contributed by atoms with Gasteiger partial charge in [0.15, 0.2) is 0 Å². The summed E-state index contributed by atoms with van der Waals surface area (Å²) in [5.41, 5.74) is 1.25. The van der Waals surface area contributed by atoms with E-state index in [1.165, 1.54) is 31.3 Å². The van der Waals surface area contributed by atoms with Crippen molar-refractivity contribution in [1.82, 2.24) is 0 Å². The molecule has 0 spiro atoms. The fourth-order valence-electron chi connectivity index (χ4n) is 1.65. The van der Waals surface area contributed by atoms with Crippen molar-refractivity contribution in [2.75, 3.05) is 6.54 Å². The SMILES string of the molecule is [C+]1=CC(CN=CCC2CCC2)=CC=C1. The topological polar surface area (TPSA) is 12.4 Å². The van der Waals surface area contributed by atoms with Crippen LogP contribution in [0.2, 0.25) is 0 Å². The lowest BCUT2D eigenvalue weighted by Gasteiger charge is -2.23. The fraction of sp³-hybridized carbons (Fsp3) is 0.462. The minimum atomic E-state index is 0.810. The maximum Gasteiger partial charge on any atom is 0.109 e. The van der Waals surface area contributed by atoms with Gasteiger partial charge in [-0.3, -0.25) is 4.99 Å². The van der Waals surface area contributed by atoms with Gasteiger partial charge in [0.1, 0.15) is 18.7 Å². The molecule has 1 fully saturated rings. The molecule has 1 heteroatoms. The Morgan fingerprint density at radius 2 is 2.43 bits per heavy atom. The van der Waals surface area contributed by atoms with Crippen LogP contribution in [0.1, 0.15) is 25.7 Å². The number of aliphatic imine (C=N–C) groups is 1. The molecule has 2 rings (SSSR count). The maximum atomic E-state index is 4.42. The fourth-order valence-corrected chi connectivity index (χ4v) is 1.65. The Bertz CT molecular complexity index is 290. The van der Waals surface area contributed by atoms with Crippen LogP contribution in [0.15, 0.2) is 34.9 Å². The highest BCUT2D eigenvalue weighted by Gasteiger charge is 2.15. The van der Waals surface area contributed by atoms with Crippen LogP contribution in [0.3, 0.4) is 0 Å². The van der Waals surface area contributed by atoms with E-state index in [4.69, 9.17) is 0 Å². The van der Waals surface area contributed by atoms with Crippen LogP contribution in [0.5, 0.6) is 0 Å². The van der Waals surface area contributed by atoms with Crippen molar-refractivity contribution in [2.24, 2.45) is 10.9 Å². The zero-order valence-corrected chi connectivity index (χ0v) is 8.45. The van der Waals surface area contributed by atoms with Crippen LogP contribution >= 0.6 is 0 Å². The molecule has 1 nitrogen and oxygen atoms in total. The summed E-state index contributed by atoms with van der Waals surface area (Å²) in [6.07, 6.45) is 18.6. The Morgan fingerprint density at radius 3 is 3.07 bits per heavy atom. The molecule has 0 bridgehead atoms. The van der Waals surface area contributed by atoms with Crippen molar-refractivity contribution in [3.05, 3.63) is 36.0 Å². The Balaban J connectivity index is 1.68. The van der Waals surface area contributed by atoms with E-state index >= 15 is 0 Å². The average molecular weight is 186 g/mol. The zero-order chi connectivity index (χ0) is 9.64. The van der Waals surface area contributed by atoms with Crippen molar-refractivity contribution in [1.29, 1.82) is 0 Å². The molecular weight excluding hydrogens is 170 g/mol. The van der Waals surface area contributed by atoms with Gasteiger partial charge in [-0.25, -0.2) is 0 Å². The molecule has 0 amide bonds. The van der Waals surface area contributed by atoms with Crippen LogP contribution in [-0.4, -0.2) is 12.8 Å². The van der Waals surface area contributed by atoms with Crippen molar-refractivity contribution in [3.63, 3.8) is 0 Å². The average Bonchev–Trinajstić information content (AvgIpc) is 2.16. The van der Waals surface area contributed by atoms with E-state index in [2.05, 4.69) is 23.4 Å². The lowest BCUT2D eigenvalue weighted by molar-refractivity contribution is 0.329. The molecule has 0 saturated heterocycles. The first kappa shape index (κ1) is 9.36. The van der Waals surface area contributed by atoms with Gasteiger partial charge < -0.3 is 0 Å². The summed E-state index contributed by atoms with van der Waals surface area (Å²) in [7, 11) is 0. The first-order valence-electron chi connectivity index (χ1n) is 5.38. The van der Waals surface area contributed by atoms with Gasteiger partial charge in [-0.1, -0.05) is 19.3 Å². The van der Waals surface area contributed by atoms with Crippen LogP contribution < -0.4 is 0 Å². The first-order valence-corrected chi connectivity index (χ1v) is 5.38. The van der Waals surface area contributed by atoms with E-state index < -0.39 is 0 Å². The van der Waals surface area contributed by atoms with Gasteiger partial charge in [0.2, 0.25) is 0 Å². The second-order valence-corrected chi connectivity index (χ2v) is 3.97. The Labute approximate surface area is 85.9 Å². The number of rotatable bonds is 4. The second-order valence-electron chi connectivity index (χ2n) is 3.97. The summed E-state index contributed by atoms with van der Waals surface area (Å²) in [6, 6.07) is 0. The van der Waals surface area contributed by atoms with Crippen molar-refractivity contribution in [3.8, 4) is 0 Å². The van der Waals surface area contributed by atoms with E-state index in [1.54, 1.807) is 0 Å². The zero-order valence-electron chi connectivity index (χ0n) is 8.45. The number of allylic oxidation sites excluding steroid dienone is 4. The van der Waals surface area contributed by atoms with Crippen LogP contribution in [0.25, 0.3) is 0 Å². The maximum absolute atomic E-state index is 4.42. The highest BCUT2D eigenvalue weighted by atomic mass is 14.7. The molecule has 0 radical (unpaired) electrons. The van der Waals surface area contributed by atoms with Crippen LogP contribution in [-0.2, 0) is 0 Å². The number of hydrogen-bond acceptors (Lipinski definition) is 1. The lowest BCUT2D eigenvalue weighted by Crippen LogP contribution is -2.10. The molecule has 2 aliphatic carbocycles. The quantitative estimate of drug-likeness (QED) is 0.472. The third kappa shape index (κ3) is 2.65. The second kappa shape index (κ2) is 4.88. The Morgan fingerprint density at radius 1 is 1.50 bits per heavy atom. The largest absolute Gasteiger partial charge is 0.279 e. The third-order valence-corrected chi connectivity index (χ3v) is 2.84. The molecule has 0 aliphatic heterocycles. The van der Waals surface area contributed by atoms with Crippen molar-refractivity contribution in [2.45, 2.75) is 25.7 Å². The summed E-state index contributed by atoms with van der Waals surface area (Å²) in [5, 5.41) is 0. The molecule has 2 aliphatic rings. The Kier molecular flexibility index (Phi) is 3.26. The summed E-state index contributed by atoms with van der Waals surface area (Å²) < 4.78 is 0. The summed E-state index contributed by atoms with van der Waals surface area (Å²) in [5.74, 6) is 0.932. The standard InChI is InChI=1S/C13H16N/c1-2-5-13(6-3-1)11-14-10-9-12-7-4-8-12/h1-2,5-6,10,12H,4,7-9,11H2/q+1. The molecule has 14 heavy (non-hydrogen) atoms. The number of hydrogen-bond donors (Lipinski definition) is 0. The highest BCUT2D eigenvalue weighted by molar-refractivity contribution is 5.58. The van der Waals surface area contributed by atoms with Crippen LogP contribution in [0, 0.1) is 12.0 Å². The smallest absolute Gasteiger partial charge is 0.109 e. The summed E-state index contributed by atoms with van der Waals surface area (Å²) in [4.78, 5) is 4.42. The molecular formula is C13H16N+. The first-order chi connectivity index (χ1) is 6.95. The van der Waals surface area contributed by atoms with Crippen molar-refractivity contribution >= 4 is 6.21 Å². The molecule has 0 N–H and O–H groups in total. The van der Waals surface area contributed by atoms with Crippen LogP contribution in [0.4, 0.5) is 0 Å². The monoisotopic (exact) mass is 186 g/mol. The van der Waals surface area contributed by atoms with E-state index in [0.717, 1.165) is 12.5 Å². The summed E-state index contributed by atoms with van der Waals surface area (Å²) in [6.45, 7) is 0.810. The molecule has 0 aromatic heterocycles. The number of nitrogens with zero attached hydrogens (tertiary/aromatic N) is 1. The van der Waals surface area contributed by atoms with Gasteiger partial charge in [0.25, 0.3) is 0 Å². The molecule has 72 valence electrons. The van der Waals surface area contributed by atoms with E-state index in [-0.39, 0.29) is 0 Å². The molecule has 1 saturated carbocycles. The van der Waals surface area contributed by atoms with E-state index in [1.807, 2.05) is 18.2 Å². The molecule has 0 unspecified atom stereocenters. The molecule has 0 aromatic rings. The van der Waals surface area contributed by atoms with Gasteiger partial charge in [-0.2, -0.15) is 0 Å². The van der Waals surface area contributed by atoms with Crippen molar-refractivity contribution < 1.29 is 0 Å². The van der Waals surface area contributed by atoms with Gasteiger partial charge in [-0.05, 0) is 12.3 Å². The minimum absolute atomic E-state index is 0.810. The lowest BCUT2D eigenvalue weighted by atomic mass is 9.83. The molecule has 0 heterocycles. The third-order valence-electron chi connectivity index (χ3n) is 2.84. The minimum Gasteiger partial charge on any atom is -0.279 e. The predicted molar refractivity (Wildman–Crippen MR) is 60.4 cm³/mol. The molecule has 0 aromatic carbocycles. The Hall–Kier alpha value is -1.20. The molecule has 0 atom stereocenters. The normalized spacial score (nSPS) is 20.7. The highest BCUT2D eigenvalue weighted by Crippen LogP contribution is 2.28.